The van der Waals surface area contributed by atoms with E-state index in [1.54, 1.807) is 43.3 Å². The molecule has 2 aromatic carbocycles. The molecule has 4 nitrogen and oxygen atoms in total. The second kappa shape index (κ2) is 8.87. The van der Waals surface area contributed by atoms with Crippen molar-refractivity contribution >= 4 is 23.4 Å². The summed E-state index contributed by atoms with van der Waals surface area (Å²) in [6.45, 7) is 5.51. The lowest BCUT2D eigenvalue weighted by Gasteiger charge is -2.14. The summed E-state index contributed by atoms with van der Waals surface area (Å²) in [6.07, 6.45) is -4.62. The molecule has 0 radical (unpaired) electrons. The lowest BCUT2D eigenvalue weighted by molar-refractivity contribution is -0.141. The summed E-state index contributed by atoms with van der Waals surface area (Å²) in [5.74, 6) is -0.342. The van der Waals surface area contributed by atoms with Gasteiger partial charge < -0.3 is 5.32 Å². The van der Waals surface area contributed by atoms with Crippen LogP contribution in [0.15, 0.2) is 59.8 Å². The molecule has 0 aliphatic heterocycles. The molecule has 3 aromatic rings. The van der Waals surface area contributed by atoms with Crippen LogP contribution in [-0.2, 0) is 11.0 Å². The smallest absolute Gasteiger partial charge is 0.325 e. The SMILES string of the molecule is Cc1ccc(NC(=O)C(C)Sc2nc(-c3ccccc3)cc(C(F)(F)F)n2)cc1C. The molecule has 0 fully saturated rings. The number of carbonyl (C=O) groups is 1. The van der Waals surface area contributed by atoms with Gasteiger partial charge in [0.25, 0.3) is 0 Å². The minimum absolute atomic E-state index is 0.105. The maximum absolute atomic E-state index is 13.3. The highest BCUT2D eigenvalue weighted by molar-refractivity contribution is 8.00. The van der Waals surface area contributed by atoms with E-state index >= 15 is 0 Å². The number of nitrogens with one attached hydrogen (secondary N) is 1. The molecule has 8 heteroatoms. The number of thioether (sulfide) groups is 1. The Balaban J connectivity index is 1.83. The number of amides is 1. The normalized spacial score (nSPS) is 12.5. The van der Waals surface area contributed by atoms with Gasteiger partial charge in [0.15, 0.2) is 5.16 Å². The van der Waals surface area contributed by atoms with Crippen LogP contribution in [0.1, 0.15) is 23.7 Å². The van der Waals surface area contributed by atoms with Gasteiger partial charge in [-0.05, 0) is 50.1 Å². The lowest BCUT2D eigenvalue weighted by Crippen LogP contribution is -2.23. The first-order valence-corrected chi connectivity index (χ1v) is 10.1. The zero-order chi connectivity index (χ0) is 21.9. The highest BCUT2D eigenvalue weighted by Crippen LogP contribution is 2.33. The molecule has 0 bridgehead atoms. The Kier molecular flexibility index (Phi) is 6.45. The first-order chi connectivity index (χ1) is 14.1. The number of anilines is 1. The van der Waals surface area contributed by atoms with Crippen LogP contribution in [-0.4, -0.2) is 21.1 Å². The number of rotatable bonds is 5. The van der Waals surface area contributed by atoms with Gasteiger partial charge in [0.1, 0.15) is 5.69 Å². The van der Waals surface area contributed by atoms with Gasteiger partial charge in [-0.3, -0.25) is 4.79 Å². The van der Waals surface area contributed by atoms with Gasteiger partial charge >= 0.3 is 6.18 Å². The zero-order valence-corrected chi connectivity index (χ0v) is 17.4. The van der Waals surface area contributed by atoms with E-state index in [2.05, 4.69) is 15.3 Å². The highest BCUT2D eigenvalue weighted by Gasteiger charge is 2.34. The summed E-state index contributed by atoms with van der Waals surface area (Å²) in [6, 6.07) is 15.0. The molecule has 0 saturated carbocycles. The molecule has 1 N–H and O–H groups in total. The van der Waals surface area contributed by atoms with E-state index in [0.29, 0.717) is 11.3 Å². The van der Waals surface area contributed by atoms with E-state index in [1.807, 2.05) is 26.0 Å². The van der Waals surface area contributed by atoms with Gasteiger partial charge in [-0.2, -0.15) is 13.2 Å². The zero-order valence-electron chi connectivity index (χ0n) is 16.6. The third kappa shape index (κ3) is 5.38. The van der Waals surface area contributed by atoms with Crippen molar-refractivity contribution in [2.75, 3.05) is 5.32 Å². The van der Waals surface area contributed by atoms with Crippen molar-refractivity contribution in [1.82, 2.24) is 9.97 Å². The average molecular weight is 431 g/mol. The monoisotopic (exact) mass is 431 g/mol. The van der Waals surface area contributed by atoms with Crippen molar-refractivity contribution in [3.8, 4) is 11.3 Å². The maximum Gasteiger partial charge on any atom is 0.433 e. The first-order valence-electron chi connectivity index (χ1n) is 9.20. The Bertz CT molecular complexity index is 1060. The Labute approximate surface area is 177 Å². The predicted molar refractivity (Wildman–Crippen MR) is 112 cm³/mol. The third-order valence-electron chi connectivity index (χ3n) is 4.49. The van der Waals surface area contributed by atoms with Gasteiger partial charge in [0.05, 0.1) is 10.9 Å². The fraction of sp³-hybridized carbons (Fsp3) is 0.227. The van der Waals surface area contributed by atoms with Gasteiger partial charge in [0.2, 0.25) is 5.91 Å². The number of aromatic nitrogens is 2. The van der Waals surface area contributed by atoms with Crippen molar-refractivity contribution < 1.29 is 18.0 Å². The van der Waals surface area contributed by atoms with Crippen LogP contribution in [0.3, 0.4) is 0 Å². The minimum atomic E-state index is -4.62. The number of hydrogen-bond acceptors (Lipinski definition) is 4. The molecule has 0 spiro atoms. The number of hydrogen-bond donors (Lipinski definition) is 1. The number of alkyl halides is 3. The van der Waals surface area contributed by atoms with Crippen LogP contribution in [0.25, 0.3) is 11.3 Å². The summed E-state index contributed by atoms with van der Waals surface area (Å²) in [5, 5.41) is 1.98. The molecule has 0 saturated heterocycles. The van der Waals surface area contributed by atoms with E-state index < -0.39 is 17.1 Å². The average Bonchev–Trinajstić information content (AvgIpc) is 2.70. The number of nitrogens with zero attached hydrogens (tertiary/aromatic N) is 2. The van der Waals surface area contributed by atoms with Crippen LogP contribution in [0.5, 0.6) is 0 Å². The van der Waals surface area contributed by atoms with Gasteiger partial charge in [-0.15, -0.1) is 0 Å². The second-order valence-corrected chi connectivity index (χ2v) is 8.14. The van der Waals surface area contributed by atoms with Crippen LogP contribution in [0.4, 0.5) is 18.9 Å². The van der Waals surface area contributed by atoms with E-state index in [1.165, 1.54) is 0 Å². The topological polar surface area (TPSA) is 54.9 Å². The number of carbonyl (C=O) groups excluding carboxylic acids is 1. The number of halogens is 3. The molecule has 3 rings (SSSR count). The largest absolute Gasteiger partial charge is 0.433 e. The lowest BCUT2D eigenvalue weighted by atomic mass is 10.1. The molecule has 156 valence electrons. The maximum atomic E-state index is 13.3. The van der Waals surface area contributed by atoms with Crippen molar-refractivity contribution in [3.05, 3.63) is 71.4 Å². The van der Waals surface area contributed by atoms with Crippen LogP contribution >= 0.6 is 11.8 Å². The Morgan fingerprint density at radius 1 is 1.00 bits per heavy atom. The first kappa shape index (κ1) is 21.8. The Morgan fingerprint density at radius 2 is 1.70 bits per heavy atom. The Morgan fingerprint density at radius 3 is 2.33 bits per heavy atom. The van der Waals surface area contributed by atoms with E-state index in [4.69, 9.17) is 0 Å². The van der Waals surface area contributed by atoms with Crippen LogP contribution in [0, 0.1) is 13.8 Å². The highest BCUT2D eigenvalue weighted by atomic mass is 32.2. The summed E-state index contributed by atoms with van der Waals surface area (Å²) in [7, 11) is 0. The fourth-order valence-electron chi connectivity index (χ4n) is 2.65. The van der Waals surface area contributed by atoms with Gasteiger partial charge in [0, 0.05) is 11.3 Å². The predicted octanol–water partition coefficient (Wildman–Crippen LogP) is 5.90. The number of aryl methyl sites for hydroxylation is 2. The van der Waals surface area contributed by atoms with Crippen molar-refractivity contribution in [2.24, 2.45) is 0 Å². The molecule has 1 aromatic heterocycles. The standard InChI is InChI=1S/C22H20F3N3OS/c1-13-9-10-17(11-14(13)2)26-20(29)15(3)30-21-27-18(16-7-5-4-6-8-16)12-19(28-21)22(23,24)25/h4-12,15H,1-3H3,(H,26,29). The van der Waals surface area contributed by atoms with Gasteiger partial charge in [-0.1, -0.05) is 48.2 Å². The summed E-state index contributed by atoms with van der Waals surface area (Å²) < 4.78 is 40.0. The van der Waals surface area contributed by atoms with E-state index in [9.17, 15) is 18.0 Å². The molecule has 0 aliphatic carbocycles. The third-order valence-corrected chi connectivity index (χ3v) is 5.45. The fourth-order valence-corrected chi connectivity index (χ4v) is 3.44. The molecular formula is C22H20F3N3OS. The quantitative estimate of drug-likeness (QED) is 0.404. The number of benzene rings is 2. The minimum Gasteiger partial charge on any atom is -0.325 e. The molecule has 30 heavy (non-hydrogen) atoms. The van der Waals surface area contributed by atoms with Crippen LogP contribution < -0.4 is 5.32 Å². The summed E-state index contributed by atoms with van der Waals surface area (Å²) >= 11 is 0.883. The second-order valence-electron chi connectivity index (χ2n) is 6.83. The Hall–Kier alpha value is -2.87. The van der Waals surface area contributed by atoms with Crippen molar-refractivity contribution in [1.29, 1.82) is 0 Å². The molecule has 1 amide bonds. The molecule has 0 aliphatic rings. The molecule has 1 heterocycles. The van der Waals surface area contributed by atoms with Crippen LogP contribution in [0.2, 0.25) is 0 Å². The molecular weight excluding hydrogens is 411 g/mol. The van der Waals surface area contributed by atoms with E-state index in [-0.39, 0.29) is 16.8 Å². The summed E-state index contributed by atoms with van der Waals surface area (Å²) in [5.41, 5.74) is 2.41. The summed E-state index contributed by atoms with van der Waals surface area (Å²) in [4.78, 5) is 20.4. The van der Waals surface area contributed by atoms with Gasteiger partial charge in [-0.25, -0.2) is 9.97 Å². The molecule has 1 atom stereocenters. The van der Waals surface area contributed by atoms with Crippen molar-refractivity contribution in [3.63, 3.8) is 0 Å². The van der Waals surface area contributed by atoms with E-state index in [0.717, 1.165) is 29.0 Å². The molecule has 1 unspecified atom stereocenters. The van der Waals surface area contributed by atoms with Crippen molar-refractivity contribution in [2.45, 2.75) is 37.4 Å².